The quantitative estimate of drug-likeness (QED) is 0.827. The Labute approximate surface area is 178 Å². The predicted molar refractivity (Wildman–Crippen MR) is 113 cm³/mol. The van der Waals surface area contributed by atoms with Gasteiger partial charge in [-0.1, -0.05) is 32.1 Å². The van der Waals surface area contributed by atoms with Crippen LogP contribution < -0.4 is 14.8 Å². The first kappa shape index (κ1) is 19.7. The third kappa shape index (κ3) is 3.65. The van der Waals surface area contributed by atoms with Gasteiger partial charge < -0.3 is 19.7 Å². The van der Waals surface area contributed by atoms with E-state index in [9.17, 15) is 9.59 Å². The second-order valence-electron chi connectivity index (χ2n) is 9.44. The minimum atomic E-state index is 0.00641. The molecule has 2 amide bonds. The van der Waals surface area contributed by atoms with Gasteiger partial charge in [0.2, 0.25) is 11.8 Å². The highest BCUT2D eigenvalue weighted by atomic mass is 16.6. The van der Waals surface area contributed by atoms with E-state index < -0.39 is 0 Å². The average Bonchev–Trinajstić information content (AvgIpc) is 3.25. The molecule has 0 radical (unpaired) electrons. The van der Waals surface area contributed by atoms with Crippen molar-refractivity contribution in [1.82, 2.24) is 10.2 Å². The van der Waals surface area contributed by atoms with Crippen LogP contribution in [0, 0.1) is 5.92 Å². The van der Waals surface area contributed by atoms with E-state index in [0.717, 1.165) is 56.6 Å². The molecule has 30 heavy (non-hydrogen) atoms. The van der Waals surface area contributed by atoms with Crippen molar-refractivity contribution >= 4 is 11.8 Å². The highest BCUT2D eigenvalue weighted by Crippen LogP contribution is 2.49. The molecule has 4 aliphatic rings. The fraction of sp³-hybridized carbons (Fsp3) is 0.667. The molecule has 1 N–H and O–H groups in total. The molecule has 0 atom stereocenters. The second-order valence-corrected chi connectivity index (χ2v) is 9.44. The van der Waals surface area contributed by atoms with E-state index in [1.807, 2.05) is 4.90 Å². The summed E-state index contributed by atoms with van der Waals surface area (Å²) >= 11 is 0. The number of benzene rings is 1. The molecule has 5 rings (SSSR count). The molecule has 1 spiro atoms. The molecular weight excluding hydrogens is 380 g/mol. The molecule has 2 aliphatic heterocycles. The van der Waals surface area contributed by atoms with Gasteiger partial charge in [0.1, 0.15) is 13.2 Å². The van der Waals surface area contributed by atoms with E-state index in [1.54, 1.807) is 0 Å². The Morgan fingerprint density at radius 1 is 1.00 bits per heavy atom. The van der Waals surface area contributed by atoms with Gasteiger partial charge in [0, 0.05) is 24.4 Å². The highest BCUT2D eigenvalue weighted by molar-refractivity contribution is 5.86. The van der Waals surface area contributed by atoms with Gasteiger partial charge in [-0.2, -0.15) is 0 Å². The summed E-state index contributed by atoms with van der Waals surface area (Å²) in [5.41, 5.74) is 2.51. The van der Waals surface area contributed by atoms with E-state index in [2.05, 4.69) is 17.4 Å². The molecule has 0 saturated heterocycles. The fourth-order valence-electron chi connectivity index (χ4n) is 5.91. The Morgan fingerprint density at radius 2 is 1.70 bits per heavy atom. The normalized spacial score (nSPS) is 22.6. The molecule has 6 nitrogen and oxygen atoms in total. The second kappa shape index (κ2) is 8.12. The maximum Gasteiger partial charge on any atom is 0.242 e. The number of amides is 2. The lowest BCUT2D eigenvalue weighted by Crippen LogP contribution is -2.50. The number of nitrogens with one attached hydrogen (secondary N) is 1. The predicted octanol–water partition coefficient (Wildman–Crippen LogP) is 3.31. The van der Waals surface area contributed by atoms with Crippen LogP contribution in [0.4, 0.5) is 0 Å². The summed E-state index contributed by atoms with van der Waals surface area (Å²) in [6.45, 7) is 2.56. The molecule has 2 heterocycles. The van der Waals surface area contributed by atoms with Gasteiger partial charge in [-0.15, -0.1) is 0 Å². The van der Waals surface area contributed by atoms with Crippen molar-refractivity contribution < 1.29 is 19.1 Å². The summed E-state index contributed by atoms with van der Waals surface area (Å²) in [4.78, 5) is 27.5. The third-order valence-corrected chi connectivity index (χ3v) is 7.50. The number of ether oxygens (including phenoxy) is 2. The number of fused-ring (bicyclic) bond motifs is 3. The molecule has 1 aromatic rings. The van der Waals surface area contributed by atoms with Crippen LogP contribution in [0.2, 0.25) is 0 Å². The molecule has 0 unspecified atom stereocenters. The Hall–Kier alpha value is -2.24. The Morgan fingerprint density at radius 3 is 2.43 bits per heavy atom. The number of nitrogens with zero attached hydrogens (tertiary/aromatic N) is 1. The Balaban J connectivity index is 1.32. The standard InChI is InChI=1S/C24H32N2O4/c27-22(14-25-23(28)17-6-2-1-3-7-17)26-15-18-12-20-21(30-11-10-29-20)13-19(18)24(16-26)8-4-5-9-24/h12-13,17H,1-11,14-16H2,(H,25,28). The van der Waals surface area contributed by atoms with Crippen LogP contribution in [0.5, 0.6) is 11.5 Å². The molecule has 2 aliphatic carbocycles. The van der Waals surface area contributed by atoms with E-state index in [4.69, 9.17) is 9.47 Å². The van der Waals surface area contributed by atoms with Crippen molar-refractivity contribution in [2.24, 2.45) is 5.92 Å². The van der Waals surface area contributed by atoms with Gasteiger partial charge in [0.05, 0.1) is 6.54 Å². The molecule has 2 saturated carbocycles. The van der Waals surface area contributed by atoms with E-state index in [-0.39, 0.29) is 29.7 Å². The van der Waals surface area contributed by atoms with E-state index in [0.29, 0.717) is 19.8 Å². The number of carbonyl (C=O) groups excluding carboxylic acids is 2. The van der Waals surface area contributed by atoms with Crippen LogP contribution >= 0.6 is 0 Å². The molecule has 0 aromatic heterocycles. The van der Waals surface area contributed by atoms with Crippen LogP contribution in [-0.2, 0) is 21.5 Å². The van der Waals surface area contributed by atoms with Gasteiger partial charge in [0.25, 0.3) is 0 Å². The van der Waals surface area contributed by atoms with Crippen molar-refractivity contribution in [3.05, 3.63) is 23.3 Å². The first-order valence-electron chi connectivity index (χ1n) is 11.6. The molecular formula is C24H32N2O4. The maximum atomic E-state index is 13.1. The lowest BCUT2D eigenvalue weighted by atomic mass is 9.73. The van der Waals surface area contributed by atoms with Gasteiger partial charge in [0.15, 0.2) is 11.5 Å². The minimum Gasteiger partial charge on any atom is -0.486 e. The third-order valence-electron chi connectivity index (χ3n) is 7.50. The SMILES string of the molecule is O=C(NCC(=O)N1Cc2cc3c(cc2C2(CCCC2)C1)OCCO3)C1CCCCC1. The molecule has 162 valence electrons. The van der Waals surface area contributed by atoms with Crippen LogP contribution in [-0.4, -0.2) is 43.0 Å². The van der Waals surface area contributed by atoms with Crippen LogP contribution in [0.1, 0.15) is 68.9 Å². The van der Waals surface area contributed by atoms with Crippen molar-refractivity contribution in [2.75, 3.05) is 26.3 Å². The smallest absolute Gasteiger partial charge is 0.242 e. The van der Waals surface area contributed by atoms with Crippen molar-refractivity contribution in [1.29, 1.82) is 0 Å². The zero-order chi connectivity index (χ0) is 20.6. The summed E-state index contributed by atoms with van der Waals surface area (Å²) < 4.78 is 11.6. The van der Waals surface area contributed by atoms with Crippen LogP contribution in [0.15, 0.2) is 12.1 Å². The largest absolute Gasteiger partial charge is 0.486 e. The Bertz CT molecular complexity index is 825. The minimum absolute atomic E-state index is 0.00641. The summed E-state index contributed by atoms with van der Waals surface area (Å²) in [7, 11) is 0. The molecule has 2 fully saturated rings. The number of hydrogen-bond donors (Lipinski definition) is 1. The first-order chi connectivity index (χ1) is 14.6. The number of rotatable bonds is 3. The van der Waals surface area contributed by atoms with Crippen molar-refractivity contribution in [3.8, 4) is 11.5 Å². The van der Waals surface area contributed by atoms with Gasteiger partial charge in [-0.3, -0.25) is 9.59 Å². The monoisotopic (exact) mass is 412 g/mol. The zero-order valence-electron chi connectivity index (χ0n) is 17.7. The number of hydrogen-bond acceptors (Lipinski definition) is 4. The molecule has 6 heteroatoms. The van der Waals surface area contributed by atoms with Gasteiger partial charge >= 0.3 is 0 Å². The topological polar surface area (TPSA) is 67.9 Å². The number of carbonyl (C=O) groups is 2. The lowest BCUT2D eigenvalue weighted by molar-refractivity contribution is -0.135. The van der Waals surface area contributed by atoms with E-state index >= 15 is 0 Å². The summed E-state index contributed by atoms with van der Waals surface area (Å²) in [6, 6.07) is 4.24. The van der Waals surface area contributed by atoms with Gasteiger partial charge in [-0.05, 0) is 48.9 Å². The van der Waals surface area contributed by atoms with Crippen LogP contribution in [0.25, 0.3) is 0 Å². The summed E-state index contributed by atoms with van der Waals surface area (Å²) in [5.74, 6) is 1.78. The van der Waals surface area contributed by atoms with E-state index in [1.165, 1.54) is 30.4 Å². The molecule has 1 aromatic carbocycles. The maximum absolute atomic E-state index is 13.1. The van der Waals surface area contributed by atoms with Gasteiger partial charge in [-0.25, -0.2) is 0 Å². The summed E-state index contributed by atoms with van der Waals surface area (Å²) in [5, 5.41) is 2.93. The first-order valence-corrected chi connectivity index (χ1v) is 11.6. The van der Waals surface area contributed by atoms with Crippen molar-refractivity contribution in [2.45, 2.75) is 69.7 Å². The van der Waals surface area contributed by atoms with Crippen molar-refractivity contribution in [3.63, 3.8) is 0 Å². The van der Waals surface area contributed by atoms with Crippen LogP contribution in [0.3, 0.4) is 0 Å². The zero-order valence-corrected chi connectivity index (χ0v) is 17.7. The molecule has 0 bridgehead atoms. The highest BCUT2D eigenvalue weighted by Gasteiger charge is 2.44. The Kier molecular flexibility index (Phi) is 5.34. The summed E-state index contributed by atoms with van der Waals surface area (Å²) in [6.07, 6.45) is 9.93. The lowest BCUT2D eigenvalue weighted by Gasteiger charge is -2.43. The fourth-order valence-corrected chi connectivity index (χ4v) is 5.91. The average molecular weight is 413 g/mol.